The molecule has 1 aliphatic carbocycles. The predicted octanol–water partition coefficient (Wildman–Crippen LogP) is 6.69. The summed E-state index contributed by atoms with van der Waals surface area (Å²) in [5.74, 6) is -1.96. The second-order valence-electron chi connectivity index (χ2n) is 10.8. The van der Waals surface area contributed by atoms with Crippen LogP contribution in [0.25, 0.3) is 6.08 Å². The first-order valence-corrected chi connectivity index (χ1v) is 14.4. The number of para-hydroxylation sites is 1. The van der Waals surface area contributed by atoms with Crippen molar-refractivity contribution in [3.63, 3.8) is 0 Å². The van der Waals surface area contributed by atoms with Crippen molar-refractivity contribution in [1.82, 2.24) is 0 Å². The maximum atomic E-state index is 14.7. The van der Waals surface area contributed by atoms with Crippen molar-refractivity contribution >= 4 is 51.0 Å². The van der Waals surface area contributed by atoms with Crippen LogP contribution in [0.5, 0.6) is 5.75 Å². The Bertz CT molecular complexity index is 1790. The Morgan fingerprint density at radius 3 is 2.10 bits per heavy atom. The Hall–Kier alpha value is -4.62. The molecule has 4 aromatic carbocycles. The van der Waals surface area contributed by atoms with Crippen LogP contribution in [0.1, 0.15) is 55.0 Å². The van der Waals surface area contributed by atoms with Gasteiger partial charge in [0.2, 0.25) is 0 Å². The SMILES string of the molecule is CC(=O)Oc1cccc2c1N1[C@@H](C(=O)c3ccccc3)[C@H](c3ccc(Br)cc3)C3(C(=O)c4ccccc4C3=O)[C@H]1C=C2. The lowest BCUT2D eigenvalue weighted by molar-refractivity contribution is -0.131. The van der Waals surface area contributed by atoms with Gasteiger partial charge < -0.3 is 9.64 Å². The van der Waals surface area contributed by atoms with E-state index in [1.165, 1.54) is 6.92 Å². The van der Waals surface area contributed by atoms with Crippen LogP contribution in [0.2, 0.25) is 0 Å². The molecule has 4 aromatic rings. The highest BCUT2D eigenvalue weighted by molar-refractivity contribution is 9.10. The van der Waals surface area contributed by atoms with Gasteiger partial charge in [-0.2, -0.15) is 0 Å². The summed E-state index contributed by atoms with van der Waals surface area (Å²) in [6.45, 7) is 1.32. The third-order valence-electron chi connectivity index (χ3n) is 8.60. The van der Waals surface area contributed by atoms with Crippen LogP contribution in [0, 0.1) is 5.41 Å². The maximum absolute atomic E-state index is 14.7. The highest BCUT2D eigenvalue weighted by Crippen LogP contribution is 2.62. The third-order valence-corrected chi connectivity index (χ3v) is 9.12. The number of Topliss-reactive ketones (excluding diaryl/α,β-unsaturated/α-hetero) is 3. The minimum Gasteiger partial charge on any atom is -0.424 e. The number of ether oxygens (including phenoxy) is 1. The lowest BCUT2D eigenvalue weighted by atomic mass is 9.64. The van der Waals surface area contributed by atoms with Gasteiger partial charge in [-0.3, -0.25) is 19.2 Å². The predicted molar refractivity (Wildman–Crippen MR) is 162 cm³/mol. The number of hydrogen-bond acceptors (Lipinski definition) is 6. The van der Waals surface area contributed by atoms with Gasteiger partial charge in [0, 0.05) is 39.6 Å². The van der Waals surface area contributed by atoms with E-state index in [-0.39, 0.29) is 23.1 Å². The fraction of sp³-hybridized carbons (Fsp3) is 0.143. The number of esters is 1. The second-order valence-corrected chi connectivity index (χ2v) is 11.7. The van der Waals surface area contributed by atoms with Crippen LogP contribution in [0.15, 0.2) is 108 Å². The van der Waals surface area contributed by atoms with E-state index in [1.54, 1.807) is 60.7 Å². The summed E-state index contributed by atoms with van der Waals surface area (Å²) in [6, 6.07) is 26.7. The molecule has 3 atom stereocenters. The molecule has 6 nitrogen and oxygen atoms in total. The summed E-state index contributed by atoms with van der Waals surface area (Å²) in [5, 5.41) is 0. The monoisotopic (exact) mass is 617 g/mol. The topological polar surface area (TPSA) is 80.8 Å². The Kier molecular flexibility index (Phi) is 6.10. The number of halogens is 1. The molecule has 0 aromatic heterocycles. The molecule has 1 saturated heterocycles. The van der Waals surface area contributed by atoms with E-state index in [2.05, 4.69) is 15.9 Å². The Labute approximate surface area is 250 Å². The van der Waals surface area contributed by atoms with Crippen LogP contribution >= 0.6 is 15.9 Å². The molecule has 206 valence electrons. The van der Waals surface area contributed by atoms with Crippen molar-refractivity contribution in [1.29, 1.82) is 0 Å². The van der Waals surface area contributed by atoms with E-state index in [4.69, 9.17) is 4.74 Å². The Morgan fingerprint density at radius 1 is 0.810 bits per heavy atom. The van der Waals surface area contributed by atoms with E-state index in [0.717, 1.165) is 10.0 Å². The zero-order valence-corrected chi connectivity index (χ0v) is 24.1. The largest absolute Gasteiger partial charge is 0.424 e. The minimum atomic E-state index is -1.63. The van der Waals surface area contributed by atoms with Crippen molar-refractivity contribution in [3.8, 4) is 5.75 Å². The van der Waals surface area contributed by atoms with Gasteiger partial charge in [0.25, 0.3) is 0 Å². The van der Waals surface area contributed by atoms with E-state index < -0.39 is 29.4 Å². The van der Waals surface area contributed by atoms with Gasteiger partial charge >= 0.3 is 5.97 Å². The van der Waals surface area contributed by atoms with Gasteiger partial charge in [-0.15, -0.1) is 0 Å². The maximum Gasteiger partial charge on any atom is 0.308 e. The molecular formula is C35H24BrNO5. The average molecular weight is 618 g/mol. The van der Waals surface area contributed by atoms with Crippen molar-refractivity contribution in [3.05, 3.63) is 135 Å². The number of benzene rings is 4. The molecule has 0 bridgehead atoms. The lowest BCUT2D eigenvalue weighted by Gasteiger charge is -2.37. The number of carbonyl (C=O) groups excluding carboxylic acids is 4. The number of nitrogens with zero attached hydrogens (tertiary/aromatic N) is 1. The van der Waals surface area contributed by atoms with E-state index >= 15 is 0 Å². The first-order valence-electron chi connectivity index (χ1n) is 13.7. The van der Waals surface area contributed by atoms with Crippen LogP contribution < -0.4 is 9.64 Å². The lowest BCUT2D eigenvalue weighted by Crippen LogP contribution is -2.48. The average Bonchev–Trinajstić information content (AvgIpc) is 3.43. The smallest absolute Gasteiger partial charge is 0.308 e. The van der Waals surface area contributed by atoms with Crippen LogP contribution in [0.4, 0.5) is 5.69 Å². The zero-order chi connectivity index (χ0) is 29.2. The van der Waals surface area contributed by atoms with Crippen molar-refractivity contribution in [2.45, 2.75) is 24.9 Å². The minimum absolute atomic E-state index is 0.235. The number of fused-ring (bicyclic) bond motifs is 5. The van der Waals surface area contributed by atoms with Gasteiger partial charge in [0.05, 0.1) is 11.7 Å². The van der Waals surface area contributed by atoms with E-state index in [0.29, 0.717) is 27.9 Å². The molecule has 0 amide bonds. The highest BCUT2D eigenvalue weighted by Gasteiger charge is 2.71. The van der Waals surface area contributed by atoms with Gasteiger partial charge in [0.1, 0.15) is 11.5 Å². The van der Waals surface area contributed by atoms with Gasteiger partial charge in [0.15, 0.2) is 23.1 Å². The third kappa shape index (κ3) is 3.63. The number of anilines is 1. The van der Waals surface area contributed by atoms with Crippen LogP contribution in [-0.4, -0.2) is 35.4 Å². The second kappa shape index (κ2) is 9.74. The normalized spacial score (nSPS) is 21.2. The first kappa shape index (κ1) is 26.3. The molecule has 1 fully saturated rings. The van der Waals surface area contributed by atoms with Gasteiger partial charge in [-0.1, -0.05) is 107 Å². The Balaban J connectivity index is 1.57. The summed E-state index contributed by atoms with van der Waals surface area (Å²) in [5.41, 5.74) is 1.44. The first-order chi connectivity index (χ1) is 20.3. The zero-order valence-electron chi connectivity index (χ0n) is 22.5. The summed E-state index contributed by atoms with van der Waals surface area (Å²) in [6.07, 6.45) is 3.70. The molecule has 0 saturated carbocycles. The molecule has 42 heavy (non-hydrogen) atoms. The molecule has 2 heterocycles. The molecule has 1 spiro atoms. The summed E-state index contributed by atoms with van der Waals surface area (Å²) in [4.78, 5) is 58.2. The molecule has 7 rings (SSSR count). The fourth-order valence-corrected chi connectivity index (χ4v) is 7.30. The van der Waals surface area contributed by atoms with Crippen LogP contribution in [0.3, 0.4) is 0 Å². The summed E-state index contributed by atoms with van der Waals surface area (Å²) >= 11 is 3.50. The van der Waals surface area contributed by atoms with Crippen LogP contribution in [-0.2, 0) is 4.79 Å². The fourth-order valence-electron chi connectivity index (χ4n) is 7.04. The molecular weight excluding hydrogens is 594 g/mol. The summed E-state index contributed by atoms with van der Waals surface area (Å²) < 4.78 is 6.51. The number of hydrogen-bond donors (Lipinski definition) is 0. The standard InChI is InChI=1S/C35H24BrNO5/c1-20(38)42-27-13-7-10-22-16-19-28-35(33(40)25-11-5-6-12-26(25)34(35)41)29(21-14-17-24(36)18-15-21)31(37(28)30(22)27)32(39)23-8-3-2-4-9-23/h2-19,28-29,31H,1H3/t28-,29+,31-/m1/s1. The van der Waals surface area contributed by atoms with Crippen molar-refractivity contribution in [2.24, 2.45) is 5.41 Å². The number of carbonyl (C=O) groups is 4. The number of rotatable bonds is 4. The molecule has 3 aliphatic rings. The quantitative estimate of drug-likeness (QED) is 0.110. The molecule has 0 N–H and O–H groups in total. The highest BCUT2D eigenvalue weighted by atomic mass is 79.9. The van der Waals surface area contributed by atoms with Crippen molar-refractivity contribution in [2.75, 3.05) is 4.90 Å². The van der Waals surface area contributed by atoms with Crippen molar-refractivity contribution < 1.29 is 23.9 Å². The van der Waals surface area contributed by atoms with Gasteiger partial charge in [-0.25, -0.2) is 0 Å². The molecule has 7 heteroatoms. The molecule has 0 unspecified atom stereocenters. The van der Waals surface area contributed by atoms with E-state index in [1.807, 2.05) is 53.5 Å². The summed E-state index contributed by atoms with van der Waals surface area (Å²) in [7, 11) is 0. The van der Waals surface area contributed by atoms with E-state index in [9.17, 15) is 19.2 Å². The molecule has 0 radical (unpaired) electrons. The number of ketones is 3. The molecule has 2 aliphatic heterocycles. The Morgan fingerprint density at radius 2 is 1.45 bits per heavy atom. The van der Waals surface area contributed by atoms with Gasteiger partial charge in [-0.05, 0) is 23.8 Å².